The second-order valence-electron chi connectivity index (χ2n) is 5.32. The Morgan fingerprint density at radius 3 is 2.57 bits per heavy atom. The van der Waals surface area contributed by atoms with Gasteiger partial charge in [0.25, 0.3) is 5.91 Å². The molecule has 0 radical (unpaired) electrons. The van der Waals surface area contributed by atoms with Crippen LogP contribution in [0.2, 0.25) is 0 Å². The maximum Gasteiger partial charge on any atom is 0.303 e. The minimum Gasteiger partial charge on any atom is -0.481 e. The maximum atomic E-state index is 12.8. The first-order valence-corrected chi connectivity index (χ1v) is 7.73. The fourth-order valence-electron chi connectivity index (χ4n) is 2.45. The molecular formula is C18H21NO4. The summed E-state index contributed by atoms with van der Waals surface area (Å²) in [7, 11) is 0. The number of carbonyl (C=O) groups excluding carboxylic acids is 1. The first-order valence-electron chi connectivity index (χ1n) is 7.73. The van der Waals surface area contributed by atoms with E-state index in [0.29, 0.717) is 37.3 Å². The predicted octanol–water partition coefficient (Wildman–Crippen LogP) is 3.35. The van der Waals surface area contributed by atoms with Gasteiger partial charge in [0, 0.05) is 25.9 Å². The summed E-state index contributed by atoms with van der Waals surface area (Å²) in [6.45, 7) is 2.78. The smallest absolute Gasteiger partial charge is 0.303 e. The molecule has 1 aromatic carbocycles. The number of carbonyl (C=O) groups is 2. The van der Waals surface area contributed by atoms with Crippen molar-refractivity contribution in [2.45, 2.75) is 32.7 Å². The molecule has 5 heteroatoms. The monoisotopic (exact) mass is 315 g/mol. The van der Waals surface area contributed by atoms with Crippen LogP contribution in [-0.2, 0) is 17.8 Å². The van der Waals surface area contributed by atoms with Crippen LogP contribution in [-0.4, -0.2) is 28.4 Å². The van der Waals surface area contributed by atoms with Crippen LogP contribution in [0.4, 0.5) is 0 Å². The molecule has 0 saturated carbocycles. The van der Waals surface area contributed by atoms with Gasteiger partial charge in [0.05, 0.1) is 11.8 Å². The first kappa shape index (κ1) is 16.8. The number of rotatable bonds is 8. The van der Waals surface area contributed by atoms with Gasteiger partial charge in [0.15, 0.2) is 0 Å². The fourth-order valence-corrected chi connectivity index (χ4v) is 2.45. The van der Waals surface area contributed by atoms with E-state index in [-0.39, 0.29) is 12.3 Å². The summed E-state index contributed by atoms with van der Waals surface area (Å²) in [4.78, 5) is 25.2. The van der Waals surface area contributed by atoms with E-state index in [9.17, 15) is 9.59 Å². The highest BCUT2D eigenvalue weighted by Gasteiger charge is 2.20. The second-order valence-corrected chi connectivity index (χ2v) is 5.32. The van der Waals surface area contributed by atoms with Crippen LogP contribution in [0.3, 0.4) is 0 Å². The van der Waals surface area contributed by atoms with Gasteiger partial charge in [-0.3, -0.25) is 9.59 Å². The molecule has 122 valence electrons. The Morgan fingerprint density at radius 2 is 1.91 bits per heavy atom. The fraction of sp³-hybridized carbons (Fsp3) is 0.333. The number of hydrogen-bond acceptors (Lipinski definition) is 3. The number of furan rings is 1. The summed E-state index contributed by atoms with van der Waals surface area (Å²) in [5.74, 6) is -0.314. The Morgan fingerprint density at radius 1 is 1.17 bits per heavy atom. The quantitative estimate of drug-likeness (QED) is 0.811. The van der Waals surface area contributed by atoms with Gasteiger partial charge in [-0.15, -0.1) is 0 Å². The lowest BCUT2D eigenvalue weighted by Crippen LogP contribution is -2.32. The van der Waals surface area contributed by atoms with Gasteiger partial charge < -0.3 is 14.4 Å². The molecular weight excluding hydrogens is 294 g/mol. The topological polar surface area (TPSA) is 70.8 Å². The number of carboxylic acids is 1. The molecule has 2 rings (SSSR count). The Balaban J connectivity index is 2.14. The van der Waals surface area contributed by atoms with Crippen LogP contribution in [0.5, 0.6) is 0 Å². The van der Waals surface area contributed by atoms with Gasteiger partial charge in [0.2, 0.25) is 0 Å². The molecule has 1 heterocycles. The van der Waals surface area contributed by atoms with Crippen molar-refractivity contribution in [3.63, 3.8) is 0 Å². The van der Waals surface area contributed by atoms with Crippen molar-refractivity contribution >= 4 is 11.9 Å². The van der Waals surface area contributed by atoms with Gasteiger partial charge in [-0.2, -0.15) is 0 Å². The van der Waals surface area contributed by atoms with Crippen LogP contribution < -0.4 is 0 Å². The van der Waals surface area contributed by atoms with E-state index < -0.39 is 5.97 Å². The van der Waals surface area contributed by atoms with Crippen molar-refractivity contribution in [3.05, 3.63) is 59.5 Å². The van der Waals surface area contributed by atoms with E-state index in [1.807, 2.05) is 37.3 Å². The SMILES string of the molecule is CCc1occc1C(=O)N(CCCC(=O)O)Cc1ccccc1. The van der Waals surface area contributed by atoms with Crippen molar-refractivity contribution in [2.24, 2.45) is 0 Å². The highest BCUT2D eigenvalue weighted by atomic mass is 16.4. The molecule has 1 N–H and O–H groups in total. The normalized spacial score (nSPS) is 10.5. The van der Waals surface area contributed by atoms with Crippen molar-refractivity contribution in [3.8, 4) is 0 Å². The number of aliphatic carboxylic acids is 1. The molecule has 0 aliphatic heterocycles. The molecule has 1 amide bonds. The number of nitrogens with zero attached hydrogens (tertiary/aromatic N) is 1. The Bertz CT molecular complexity index is 648. The minimum absolute atomic E-state index is 0.0462. The second kappa shape index (κ2) is 8.17. The van der Waals surface area contributed by atoms with Gasteiger partial charge in [-0.05, 0) is 18.1 Å². The predicted molar refractivity (Wildman–Crippen MR) is 86.1 cm³/mol. The zero-order valence-electron chi connectivity index (χ0n) is 13.2. The summed E-state index contributed by atoms with van der Waals surface area (Å²) in [6, 6.07) is 11.3. The first-order chi connectivity index (χ1) is 11.1. The third kappa shape index (κ3) is 4.71. The maximum absolute atomic E-state index is 12.8. The third-order valence-corrected chi connectivity index (χ3v) is 3.62. The largest absolute Gasteiger partial charge is 0.481 e. The number of hydrogen-bond donors (Lipinski definition) is 1. The van der Waals surface area contributed by atoms with E-state index in [2.05, 4.69) is 0 Å². The average Bonchev–Trinajstić information content (AvgIpc) is 3.02. The van der Waals surface area contributed by atoms with E-state index in [1.54, 1.807) is 11.0 Å². The Kier molecular flexibility index (Phi) is 5.97. The summed E-state index contributed by atoms with van der Waals surface area (Å²) >= 11 is 0. The van der Waals surface area contributed by atoms with Crippen LogP contribution in [0, 0.1) is 0 Å². The number of carboxylic acid groups (broad SMARTS) is 1. The van der Waals surface area contributed by atoms with E-state index in [0.717, 1.165) is 5.56 Å². The molecule has 2 aromatic rings. The standard InChI is InChI=1S/C18H21NO4/c1-2-16-15(10-12-23-16)18(22)19(11-6-9-17(20)21)13-14-7-4-3-5-8-14/h3-5,7-8,10,12H,2,6,9,11,13H2,1H3,(H,20,21). The summed E-state index contributed by atoms with van der Waals surface area (Å²) < 4.78 is 5.34. The van der Waals surface area contributed by atoms with Crippen molar-refractivity contribution < 1.29 is 19.1 Å². The van der Waals surface area contributed by atoms with E-state index >= 15 is 0 Å². The zero-order chi connectivity index (χ0) is 16.7. The molecule has 0 saturated heterocycles. The van der Waals surface area contributed by atoms with Crippen molar-refractivity contribution in [1.29, 1.82) is 0 Å². The van der Waals surface area contributed by atoms with Crippen LogP contribution in [0.25, 0.3) is 0 Å². The van der Waals surface area contributed by atoms with Crippen molar-refractivity contribution in [2.75, 3.05) is 6.54 Å². The summed E-state index contributed by atoms with van der Waals surface area (Å²) in [5, 5.41) is 8.80. The highest BCUT2D eigenvalue weighted by molar-refractivity contribution is 5.95. The number of amides is 1. The van der Waals surface area contributed by atoms with Gasteiger partial charge in [0.1, 0.15) is 5.76 Å². The lowest BCUT2D eigenvalue weighted by molar-refractivity contribution is -0.137. The molecule has 0 unspecified atom stereocenters. The number of aryl methyl sites for hydroxylation is 1. The molecule has 0 bridgehead atoms. The lowest BCUT2D eigenvalue weighted by atomic mass is 10.1. The molecule has 0 aliphatic carbocycles. The Hall–Kier alpha value is -2.56. The van der Waals surface area contributed by atoms with Gasteiger partial charge in [-0.25, -0.2) is 0 Å². The average molecular weight is 315 g/mol. The number of benzene rings is 1. The van der Waals surface area contributed by atoms with Crippen LogP contribution in [0.15, 0.2) is 47.1 Å². The van der Waals surface area contributed by atoms with Crippen LogP contribution in [0.1, 0.15) is 41.4 Å². The molecule has 0 aliphatic rings. The molecule has 0 fully saturated rings. The molecule has 1 aromatic heterocycles. The molecule has 5 nitrogen and oxygen atoms in total. The van der Waals surface area contributed by atoms with Crippen LogP contribution >= 0.6 is 0 Å². The minimum atomic E-state index is -0.852. The van der Waals surface area contributed by atoms with Gasteiger partial charge >= 0.3 is 5.97 Å². The summed E-state index contributed by atoms with van der Waals surface area (Å²) in [5.41, 5.74) is 1.57. The highest BCUT2D eigenvalue weighted by Crippen LogP contribution is 2.16. The lowest BCUT2D eigenvalue weighted by Gasteiger charge is -2.22. The molecule has 23 heavy (non-hydrogen) atoms. The van der Waals surface area contributed by atoms with Gasteiger partial charge in [-0.1, -0.05) is 37.3 Å². The Labute approximate surface area is 135 Å². The molecule has 0 spiro atoms. The molecule has 0 atom stereocenters. The van der Waals surface area contributed by atoms with E-state index in [4.69, 9.17) is 9.52 Å². The zero-order valence-corrected chi connectivity index (χ0v) is 13.2. The third-order valence-electron chi connectivity index (χ3n) is 3.62. The summed E-state index contributed by atoms with van der Waals surface area (Å²) in [6.07, 6.45) is 2.63. The van der Waals surface area contributed by atoms with E-state index in [1.165, 1.54) is 6.26 Å². The van der Waals surface area contributed by atoms with Crippen molar-refractivity contribution in [1.82, 2.24) is 4.90 Å².